The number of carbonyl (C=O) groups is 3. The van der Waals surface area contributed by atoms with Crippen molar-refractivity contribution in [3.05, 3.63) is 59.7 Å². The predicted molar refractivity (Wildman–Crippen MR) is 151 cm³/mol. The lowest BCUT2D eigenvalue weighted by Gasteiger charge is -2.42. The van der Waals surface area contributed by atoms with Crippen molar-refractivity contribution in [1.82, 2.24) is 15.2 Å². The molecule has 2 aromatic carbocycles. The van der Waals surface area contributed by atoms with Crippen LogP contribution < -0.4 is 14.8 Å². The van der Waals surface area contributed by atoms with Crippen molar-refractivity contribution >= 4 is 23.6 Å². The first-order valence-electron chi connectivity index (χ1n) is 13.6. The summed E-state index contributed by atoms with van der Waals surface area (Å²) in [6, 6.07) is 14.5. The van der Waals surface area contributed by atoms with Crippen LogP contribution >= 0.6 is 0 Å². The molecule has 0 radical (unpaired) electrons. The molecule has 1 saturated heterocycles. The van der Waals surface area contributed by atoms with Crippen LogP contribution in [0.4, 0.5) is 4.79 Å². The quantitative estimate of drug-likeness (QED) is 0.488. The summed E-state index contributed by atoms with van der Waals surface area (Å²) >= 11 is 0. The number of hydrazone groups is 1. The topological polar surface area (TPSA) is 121 Å². The van der Waals surface area contributed by atoms with E-state index in [0.29, 0.717) is 50.3 Å². The Morgan fingerprint density at radius 3 is 2.38 bits per heavy atom. The van der Waals surface area contributed by atoms with Crippen LogP contribution in [-0.2, 0) is 16.0 Å². The van der Waals surface area contributed by atoms with Gasteiger partial charge in [0.2, 0.25) is 11.8 Å². The van der Waals surface area contributed by atoms with Crippen molar-refractivity contribution in [2.75, 3.05) is 27.3 Å². The average molecular weight is 551 g/mol. The fourth-order valence-corrected chi connectivity index (χ4v) is 5.39. The maximum Gasteiger partial charge on any atom is 0.404 e. The van der Waals surface area contributed by atoms with E-state index in [-0.39, 0.29) is 24.3 Å². The summed E-state index contributed by atoms with van der Waals surface area (Å²) in [5.74, 6) is 1.08. The van der Waals surface area contributed by atoms with Crippen LogP contribution in [0.3, 0.4) is 0 Å². The first-order chi connectivity index (χ1) is 19.1. The first kappa shape index (κ1) is 28.9. The molecule has 2 heterocycles. The lowest BCUT2D eigenvalue weighted by atomic mass is 9.82. The number of methoxy groups -OCH3 is 2. The van der Waals surface area contributed by atoms with Gasteiger partial charge in [0.25, 0.3) is 0 Å². The largest absolute Gasteiger partial charge is 0.493 e. The summed E-state index contributed by atoms with van der Waals surface area (Å²) in [7, 11) is 3.17. The van der Waals surface area contributed by atoms with Gasteiger partial charge in [-0.1, -0.05) is 44.2 Å². The number of likely N-dealkylation sites (tertiary alicyclic amines) is 1. The van der Waals surface area contributed by atoms with Gasteiger partial charge in [-0.05, 0) is 43.0 Å². The summed E-state index contributed by atoms with van der Waals surface area (Å²) in [5, 5.41) is 18.2. The molecule has 214 valence electrons. The number of nitrogens with zero attached hydrogens (tertiary/aromatic N) is 3. The van der Waals surface area contributed by atoms with Gasteiger partial charge in [-0.15, -0.1) is 0 Å². The minimum absolute atomic E-state index is 0.0323. The summed E-state index contributed by atoms with van der Waals surface area (Å²) in [6.07, 6.45) is 1.03. The number of carbonyl (C=O) groups excluding carboxylic acids is 2. The first-order valence-corrected chi connectivity index (χ1v) is 13.6. The van der Waals surface area contributed by atoms with E-state index < -0.39 is 17.6 Å². The molecule has 10 nitrogen and oxygen atoms in total. The minimum atomic E-state index is -1.15. The SMILES string of the molecule is COc1ccc(C2=NN(C3CCN(C(=O)C[C@@H](Cc4ccccc4)NC(=O)O)CC3)C(=O)C(C)(C)C2)cc1OC. The lowest BCUT2D eigenvalue weighted by molar-refractivity contribution is -0.145. The van der Waals surface area contributed by atoms with E-state index in [0.717, 1.165) is 16.8 Å². The van der Waals surface area contributed by atoms with E-state index in [1.807, 2.05) is 62.4 Å². The summed E-state index contributed by atoms with van der Waals surface area (Å²) < 4.78 is 10.8. The van der Waals surface area contributed by atoms with Gasteiger partial charge < -0.3 is 24.8 Å². The highest BCUT2D eigenvalue weighted by molar-refractivity contribution is 6.06. The zero-order valence-electron chi connectivity index (χ0n) is 23.6. The molecule has 2 N–H and O–H groups in total. The molecular weight excluding hydrogens is 512 g/mol. The highest BCUT2D eigenvalue weighted by atomic mass is 16.5. The molecule has 0 saturated carbocycles. The Bertz CT molecular complexity index is 1250. The number of hydrogen-bond donors (Lipinski definition) is 2. The second-order valence-electron chi connectivity index (χ2n) is 11.0. The normalized spacial score (nSPS) is 18.1. The van der Waals surface area contributed by atoms with Crippen molar-refractivity contribution in [2.24, 2.45) is 10.5 Å². The molecular formula is C30H38N4O6. The van der Waals surface area contributed by atoms with Crippen LogP contribution in [0.5, 0.6) is 11.5 Å². The van der Waals surface area contributed by atoms with Crippen LogP contribution in [0.1, 0.15) is 50.7 Å². The molecule has 2 aliphatic heterocycles. The van der Waals surface area contributed by atoms with Crippen LogP contribution in [-0.4, -0.2) is 78.0 Å². The second-order valence-corrected chi connectivity index (χ2v) is 11.0. The molecule has 0 aliphatic carbocycles. The van der Waals surface area contributed by atoms with Crippen LogP contribution in [0.25, 0.3) is 0 Å². The monoisotopic (exact) mass is 550 g/mol. The maximum atomic E-state index is 13.4. The Hall–Kier alpha value is -4.08. The highest BCUT2D eigenvalue weighted by Gasteiger charge is 2.42. The Morgan fingerprint density at radius 2 is 1.75 bits per heavy atom. The molecule has 0 unspecified atom stereocenters. The Balaban J connectivity index is 1.44. The molecule has 2 aromatic rings. The van der Waals surface area contributed by atoms with Gasteiger partial charge in [-0.25, -0.2) is 9.80 Å². The molecule has 1 fully saturated rings. The van der Waals surface area contributed by atoms with Crippen molar-refractivity contribution in [1.29, 1.82) is 0 Å². The lowest BCUT2D eigenvalue weighted by Crippen LogP contribution is -2.53. The summed E-state index contributed by atoms with van der Waals surface area (Å²) in [4.78, 5) is 39.7. The molecule has 1 atom stereocenters. The number of hydrogen-bond acceptors (Lipinski definition) is 6. The number of amides is 3. The van der Waals surface area contributed by atoms with Crippen molar-refractivity contribution in [2.45, 2.75) is 58.0 Å². The van der Waals surface area contributed by atoms with Gasteiger partial charge in [-0.2, -0.15) is 5.10 Å². The molecule has 10 heteroatoms. The van der Waals surface area contributed by atoms with Gasteiger partial charge in [0, 0.05) is 37.5 Å². The number of carboxylic acid groups (broad SMARTS) is 1. The number of piperidine rings is 1. The Labute approximate surface area is 234 Å². The fourth-order valence-electron chi connectivity index (χ4n) is 5.39. The molecule has 2 aliphatic rings. The van der Waals surface area contributed by atoms with Gasteiger partial charge >= 0.3 is 6.09 Å². The van der Waals surface area contributed by atoms with Gasteiger partial charge in [0.1, 0.15) is 0 Å². The molecule has 0 spiro atoms. The number of nitrogens with one attached hydrogen (secondary N) is 1. The second kappa shape index (κ2) is 12.4. The van der Waals surface area contributed by atoms with E-state index in [1.54, 1.807) is 24.1 Å². The van der Waals surface area contributed by atoms with Crippen LogP contribution in [0.2, 0.25) is 0 Å². The standard InChI is InChI=1S/C30H38N4O6/c1-30(2)19-24(21-10-11-25(39-3)26(17-21)40-4)32-34(28(30)36)23-12-14-33(15-13-23)27(35)18-22(31-29(37)38)16-20-8-6-5-7-9-20/h5-11,17,22-23,31H,12-16,18-19H2,1-4H3,(H,37,38)/t22-/m1/s1. The summed E-state index contributed by atoms with van der Waals surface area (Å²) in [6.45, 7) is 4.80. The van der Waals surface area contributed by atoms with Crippen LogP contribution in [0, 0.1) is 5.41 Å². The van der Waals surface area contributed by atoms with Gasteiger partial charge in [0.05, 0.1) is 31.4 Å². The van der Waals surface area contributed by atoms with Crippen molar-refractivity contribution in [3.63, 3.8) is 0 Å². The van der Waals surface area contributed by atoms with Crippen molar-refractivity contribution in [3.8, 4) is 11.5 Å². The van der Waals surface area contributed by atoms with E-state index in [4.69, 9.17) is 14.6 Å². The van der Waals surface area contributed by atoms with Gasteiger partial charge in [0.15, 0.2) is 11.5 Å². The average Bonchev–Trinajstić information content (AvgIpc) is 2.94. The van der Waals surface area contributed by atoms with E-state index >= 15 is 0 Å². The maximum absolute atomic E-state index is 13.4. The molecule has 3 amide bonds. The highest BCUT2D eigenvalue weighted by Crippen LogP contribution is 2.36. The zero-order chi connectivity index (χ0) is 28.9. The number of benzene rings is 2. The number of rotatable bonds is 9. The van der Waals surface area contributed by atoms with Crippen LogP contribution in [0.15, 0.2) is 53.6 Å². The Morgan fingerprint density at radius 1 is 1.07 bits per heavy atom. The minimum Gasteiger partial charge on any atom is -0.493 e. The zero-order valence-corrected chi connectivity index (χ0v) is 23.6. The van der Waals surface area contributed by atoms with E-state index in [9.17, 15) is 19.5 Å². The third kappa shape index (κ3) is 6.73. The summed E-state index contributed by atoms with van der Waals surface area (Å²) in [5.41, 5.74) is 1.99. The predicted octanol–water partition coefficient (Wildman–Crippen LogP) is 3.93. The van der Waals surface area contributed by atoms with E-state index in [1.165, 1.54) is 0 Å². The smallest absolute Gasteiger partial charge is 0.404 e. The fraction of sp³-hybridized carbons (Fsp3) is 0.467. The molecule has 0 aromatic heterocycles. The third-order valence-electron chi connectivity index (χ3n) is 7.58. The molecule has 0 bridgehead atoms. The molecule has 40 heavy (non-hydrogen) atoms. The third-order valence-corrected chi connectivity index (χ3v) is 7.58. The molecule has 4 rings (SSSR count). The Kier molecular flexibility index (Phi) is 8.96. The van der Waals surface area contributed by atoms with E-state index in [2.05, 4.69) is 5.32 Å². The van der Waals surface area contributed by atoms with Crippen molar-refractivity contribution < 1.29 is 29.0 Å². The van der Waals surface area contributed by atoms with Gasteiger partial charge in [-0.3, -0.25) is 9.59 Å². The number of ether oxygens (including phenoxy) is 2.